The van der Waals surface area contributed by atoms with Gasteiger partial charge in [0.05, 0.1) is 24.8 Å². The Morgan fingerprint density at radius 2 is 2.00 bits per heavy atom. The van der Waals surface area contributed by atoms with E-state index >= 15 is 0 Å². The van der Waals surface area contributed by atoms with Crippen molar-refractivity contribution in [2.45, 2.75) is 12.8 Å². The van der Waals surface area contributed by atoms with E-state index in [1.54, 1.807) is 0 Å². The van der Waals surface area contributed by atoms with Crippen LogP contribution in [0.15, 0.2) is 18.2 Å². The van der Waals surface area contributed by atoms with Crippen molar-refractivity contribution >= 4 is 23.5 Å². The Hall–Kier alpha value is -2.44. The molecule has 0 bridgehead atoms. The third-order valence-corrected chi connectivity index (χ3v) is 2.25. The van der Waals surface area contributed by atoms with Crippen molar-refractivity contribution in [2.75, 3.05) is 12.4 Å². The van der Waals surface area contributed by atoms with E-state index in [4.69, 9.17) is 5.11 Å². The average Bonchev–Trinajstić information content (AvgIpc) is 2.37. The van der Waals surface area contributed by atoms with Crippen LogP contribution in [-0.2, 0) is 14.3 Å². The second kappa shape index (κ2) is 6.48. The maximum absolute atomic E-state index is 13.6. The van der Waals surface area contributed by atoms with Crippen LogP contribution in [0.4, 0.5) is 10.1 Å². The molecule has 1 aromatic carbocycles. The number of carboxylic acids is 1. The van der Waals surface area contributed by atoms with Gasteiger partial charge in [0.1, 0.15) is 5.82 Å². The molecule has 0 aliphatic heterocycles. The van der Waals surface area contributed by atoms with Crippen molar-refractivity contribution in [3.63, 3.8) is 0 Å². The number of benzene rings is 1. The number of carbonyl (C=O) groups excluding carboxylic acids is 2. The van der Waals surface area contributed by atoms with Crippen LogP contribution in [0.25, 0.3) is 0 Å². The molecule has 2 N–H and O–H groups in total. The van der Waals surface area contributed by atoms with Crippen LogP contribution >= 0.6 is 0 Å². The van der Waals surface area contributed by atoms with Crippen molar-refractivity contribution in [3.8, 4) is 0 Å². The SMILES string of the molecule is COC(=O)c1cccc(F)c1NC(=O)CCC(=O)O. The van der Waals surface area contributed by atoms with E-state index in [0.717, 1.165) is 13.2 Å². The topological polar surface area (TPSA) is 92.7 Å². The summed E-state index contributed by atoms with van der Waals surface area (Å²) in [5.74, 6) is -3.44. The standard InChI is InChI=1S/C12H12FNO5/c1-19-12(18)7-3-2-4-8(13)11(7)14-9(15)5-6-10(16)17/h2-4H,5-6H2,1H3,(H,14,15)(H,16,17). The molecule has 0 aromatic heterocycles. The number of anilines is 1. The Balaban J connectivity index is 2.90. The lowest BCUT2D eigenvalue weighted by atomic mass is 10.1. The van der Waals surface area contributed by atoms with Crippen LogP contribution in [0.1, 0.15) is 23.2 Å². The fraction of sp³-hybridized carbons (Fsp3) is 0.250. The summed E-state index contributed by atoms with van der Waals surface area (Å²) in [6.07, 6.45) is -0.696. The normalized spacial score (nSPS) is 9.79. The number of para-hydroxylation sites is 1. The smallest absolute Gasteiger partial charge is 0.340 e. The molecule has 0 unspecified atom stereocenters. The van der Waals surface area contributed by atoms with Crippen molar-refractivity contribution in [1.29, 1.82) is 0 Å². The van der Waals surface area contributed by atoms with E-state index in [0.29, 0.717) is 0 Å². The van der Waals surface area contributed by atoms with Crippen LogP contribution < -0.4 is 5.32 Å². The van der Waals surface area contributed by atoms with Gasteiger partial charge in [-0.25, -0.2) is 9.18 Å². The van der Waals surface area contributed by atoms with Gasteiger partial charge in [-0.3, -0.25) is 9.59 Å². The van der Waals surface area contributed by atoms with Gasteiger partial charge in [0, 0.05) is 6.42 Å². The molecule has 0 heterocycles. The molecule has 7 heteroatoms. The van der Waals surface area contributed by atoms with Gasteiger partial charge in [0.2, 0.25) is 5.91 Å². The summed E-state index contributed by atoms with van der Waals surface area (Å²) < 4.78 is 18.0. The van der Waals surface area contributed by atoms with Crippen molar-refractivity contribution in [2.24, 2.45) is 0 Å². The molecule has 0 aliphatic carbocycles. The Kier molecular flexibility index (Phi) is 4.99. The first kappa shape index (κ1) is 14.6. The number of hydrogen-bond donors (Lipinski definition) is 2. The summed E-state index contributed by atoms with van der Waals surface area (Å²) in [7, 11) is 1.13. The van der Waals surface area contributed by atoms with Crippen LogP contribution in [0.2, 0.25) is 0 Å². The van der Waals surface area contributed by atoms with Crippen LogP contribution in [0.3, 0.4) is 0 Å². The highest BCUT2D eigenvalue weighted by molar-refractivity contribution is 6.01. The molecule has 1 amide bonds. The fourth-order valence-corrected chi connectivity index (χ4v) is 1.35. The number of rotatable bonds is 5. The summed E-state index contributed by atoms with van der Waals surface area (Å²) in [5.41, 5.74) is -0.448. The molecule has 6 nitrogen and oxygen atoms in total. The number of ether oxygens (including phenoxy) is 1. The van der Waals surface area contributed by atoms with Gasteiger partial charge in [-0.15, -0.1) is 0 Å². The molecular formula is C12H12FNO5. The number of hydrogen-bond acceptors (Lipinski definition) is 4. The van der Waals surface area contributed by atoms with Gasteiger partial charge in [0.25, 0.3) is 0 Å². The number of halogens is 1. The monoisotopic (exact) mass is 269 g/mol. The molecule has 1 rings (SSSR count). The van der Waals surface area contributed by atoms with E-state index in [1.807, 2.05) is 0 Å². The molecule has 0 fully saturated rings. The molecule has 1 aromatic rings. The molecule has 0 aliphatic rings. The van der Waals surface area contributed by atoms with Gasteiger partial charge in [-0.2, -0.15) is 0 Å². The molecule has 0 saturated carbocycles. The number of methoxy groups -OCH3 is 1. The summed E-state index contributed by atoms with van der Waals surface area (Å²) in [5, 5.41) is 10.6. The Labute approximate surface area is 108 Å². The second-order valence-corrected chi connectivity index (χ2v) is 3.60. The maximum Gasteiger partial charge on any atom is 0.340 e. The number of esters is 1. The highest BCUT2D eigenvalue weighted by Crippen LogP contribution is 2.21. The summed E-state index contributed by atoms with van der Waals surface area (Å²) in [6.45, 7) is 0. The Morgan fingerprint density at radius 3 is 2.58 bits per heavy atom. The molecule has 19 heavy (non-hydrogen) atoms. The van der Waals surface area contributed by atoms with Crippen LogP contribution in [-0.4, -0.2) is 30.1 Å². The lowest BCUT2D eigenvalue weighted by Gasteiger charge is -2.10. The molecular weight excluding hydrogens is 257 g/mol. The van der Waals surface area contributed by atoms with Crippen LogP contribution in [0.5, 0.6) is 0 Å². The van der Waals surface area contributed by atoms with Gasteiger partial charge < -0.3 is 15.2 Å². The molecule has 0 spiro atoms. The second-order valence-electron chi connectivity index (χ2n) is 3.60. The van der Waals surface area contributed by atoms with Crippen molar-refractivity contribution < 1.29 is 28.6 Å². The molecule has 0 radical (unpaired) electrons. The van der Waals surface area contributed by atoms with Gasteiger partial charge in [0.15, 0.2) is 0 Å². The number of nitrogens with one attached hydrogen (secondary N) is 1. The summed E-state index contributed by atoms with van der Waals surface area (Å²) in [6, 6.07) is 3.66. The lowest BCUT2D eigenvalue weighted by Crippen LogP contribution is -2.17. The first-order valence-electron chi connectivity index (χ1n) is 5.34. The highest BCUT2D eigenvalue weighted by atomic mass is 19.1. The molecule has 0 saturated heterocycles. The Bertz CT molecular complexity index is 515. The first-order chi connectivity index (χ1) is 8.95. The van der Waals surface area contributed by atoms with E-state index in [1.165, 1.54) is 12.1 Å². The molecule has 0 atom stereocenters. The van der Waals surface area contributed by atoms with E-state index < -0.39 is 23.7 Å². The zero-order valence-electron chi connectivity index (χ0n) is 10.1. The van der Waals surface area contributed by atoms with Gasteiger partial charge in [-0.05, 0) is 12.1 Å². The highest BCUT2D eigenvalue weighted by Gasteiger charge is 2.17. The minimum atomic E-state index is -1.14. The van der Waals surface area contributed by atoms with Crippen molar-refractivity contribution in [3.05, 3.63) is 29.6 Å². The summed E-state index contributed by atoms with van der Waals surface area (Å²) >= 11 is 0. The van der Waals surface area contributed by atoms with Gasteiger partial charge >= 0.3 is 11.9 Å². The zero-order valence-corrected chi connectivity index (χ0v) is 10.1. The first-order valence-corrected chi connectivity index (χ1v) is 5.34. The predicted molar refractivity (Wildman–Crippen MR) is 63.2 cm³/mol. The van der Waals surface area contributed by atoms with E-state index in [9.17, 15) is 18.8 Å². The predicted octanol–water partition coefficient (Wildman–Crippen LogP) is 1.42. The zero-order chi connectivity index (χ0) is 14.4. The minimum absolute atomic E-state index is 0.133. The Morgan fingerprint density at radius 1 is 1.32 bits per heavy atom. The van der Waals surface area contributed by atoms with Crippen molar-refractivity contribution in [1.82, 2.24) is 0 Å². The quantitative estimate of drug-likeness (QED) is 0.788. The number of aliphatic carboxylic acids is 1. The third-order valence-electron chi connectivity index (χ3n) is 2.25. The average molecular weight is 269 g/mol. The summed E-state index contributed by atoms with van der Waals surface area (Å²) in [4.78, 5) is 33.2. The third kappa shape index (κ3) is 4.06. The van der Waals surface area contributed by atoms with E-state index in [-0.39, 0.29) is 24.1 Å². The largest absolute Gasteiger partial charge is 0.481 e. The van der Waals surface area contributed by atoms with Crippen LogP contribution in [0, 0.1) is 5.82 Å². The molecule has 102 valence electrons. The lowest BCUT2D eigenvalue weighted by molar-refractivity contribution is -0.138. The minimum Gasteiger partial charge on any atom is -0.481 e. The number of carboxylic acid groups (broad SMARTS) is 1. The number of carbonyl (C=O) groups is 3. The fourth-order valence-electron chi connectivity index (χ4n) is 1.35. The van der Waals surface area contributed by atoms with E-state index in [2.05, 4.69) is 10.1 Å². The maximum atomic E-state index is 13.6. The number of amides is 1. The van der Waals surface area contributed by atoms with Gasteiger partial charge in [-0.1, -0.05) is 6.07 Å².